The quantitative estimate of drug-likeness (QED) is 0.308. The first-order valence-electron chi connectivity index (χ1n) is 12.8. The van der Waals surface area contributed by atoms with Gasteiger partial charge in [-0.3, -0.25) is 5.41 Å². The molecule has 3 unspecified atom stereocenters. The molecule has 0 spiro atoms. The molecule has 0 radical (unpaired) electrons. The summed E-state index contributed by atoms with van der Waals surface area (Å²) in [6.07, 6.45) is 10.8. The van der Waals surface area contributed by atoms with Crippen LogP contribution in [0, 0.1) is 39.9 Å². The third-order valence-corrected chi connectivity index (χ3v) is 10.5. The molecule has 0 saturated heterocycles. The largest absolute Gasteiger partial charge is 0.393 e. The number of rotatable bonds is 3. The van der Waals surface area contributed by atoms with Crippen LogP contribution in [0.15, 0.2) is 35.4 Å². The van der Waals surface area contributed by atoms with Crippen LogP contribution in [0.3, 0.4) is 0 Å². The van der Waals surface area contributed by atoms with E-state index in [1.165, 1.54) is 5.01 Å². The maximum Gasteiger partial charge on any atom is 0.214 e. The minimum atomic E-state index is -0.676. The van der Waals surface area contributed by atoms with Gasteiger partial charge in [0.15, 0.2) is 0 Å². The van der Waals surface area contributed by atoms with Gasteiger partial charge in [-0.05, 0) is 93.1 Å². The number of aliphatic hydroxyl groups excluding tert-OH is 1. The summed E-state index contributed by atoms with van der Waals surface area (Å²) in [5.41, 5.74) is 5.97. The maximum atomic E-state index is 12.3. The molecule has 4 aliphatic rings. The van der Waals surface area contributed by atoms with Crippen molar-refractivity contribution in [1.82, 2.24) is 0 Å². The molecule has 0 bridgehead atoms. The molecule has 5 N–H and O–H groups in total. The monoisotopic (exact) mass is 452 g/mol. The topological polar surface area (TPSA) is 106 Å². The summed E-state index contributed by atoms with van der Waals surface area (Å²) in [6.45, 7) is 4.72. The second-order valence-electron chi connectivity index (χ2n) is 11.7. The summed E-state index contributed by atoms with van der Waals surface area (Å²) in [6, 6.07) is 9.57. The Kier molecular flexibility index (Phi) is 5.60. The van der Waals surface area contributed by atoms with Crippen molar-refractivity contribution in [2.24, 2.45) is 45.3 Å². The Labute approximate surface area is 197 Å². The Morgan fingerprint density at radius 3 is 2.55 bits per heavy atom. The fourth-order valence-electron chi connectivity index (χ4n) is 8.47. The molecule has 33 heavy (non-hydrogen) atoms. The number of nitrogens with zero attached hydrogens (tertiary/aromatic N) is 2. The second kappa shape index (κ2) is 8.09. The smallest absolute Gasteiger partial charge is 0.214 e. The summed E-state index contributed by atoms with van der Waals surface area (Å²) in [4.78, 5) is 0. The van der Waals surface area contributed by atoms with E-state index in [4.69, 9.17) is 11.1 Å². The highest BCUT2D eigenvalue weighted by molar-refractivity contribution is 5.93. The summed E-state index contributed by atoms with van der Waals surface area (Å²) in [7, 11) is 0. The van der Waals surface area contributed by atoms with Crippen molar-refractivity contribution in [1.29, 1.82) is 5.41 Å². The van der Waals surface area contributed by atoms with E-state index in [1.807, 2.05) is 36.5 Å². The van der Waals surface area contributed by atoms with Crippen molar-refractivity contribution in [3.8, 4) is 0 Å². The summed E-state index contributed by atoms with van der Waals surface area (Å²) < 4.78 is 0. The van der Waals surface area contributed by atoms with Crippen molar-refractivity contribution < 1.29 is 10.2 Å². The minimum Gasteiger partial charge on any atom is -0.393 e. The van der Waals surface area contributed by atoms with Crippen LogP contribution in [0.5, 0.6) is 0 Å². The minimum absolute atomic E-state index is 0.106. The Morgan fingerprint density at radius 2 is 1.82 bits per heavy atom. The molecular weight excluding hydrogens is 412 g/mol. The van der Waals surface area contributed by atoms with Gasteiger partial charge < -0.3 is 15.9 Å². The highest BCUT2D eigenvalue weighted by Crippen LogP contribution is 2.68. The molecular formula is C27H40N4O2. The van der Waals surface area contributed by atoms with Crippen LogP contribution in [0.4, 0.5) is 5.69 Å². The van der Waals surface area contributed by atoms with Crippen molar-refractivity contribution in [3.05, 3.63) is 30.3 Å². The molecule has 0 aliphatic heterocycles. The number of hydrazone groups is 1. The van der Waals surface area contributed by atoms with Crippen molar-refractivity contribution in [2.75, 3.05) is 5.01 Å². The highest BCUT2D eigenvalue weighted by Gasteiger charge is 2.66. The van der Waals surface area contributed by atoms with Crippen molar-refractivity contribution >= 4 is 17.9 Å². The number of hydrogen-bond acceptors (Lipinski definition) is 4. The fourth-order valence-corrected chi connectivity index (χ4v) is 8.47. The predicted octanol–water partition coefficient (Wildman–Crippen LogP) is 4.51. The van der Waals surface area contributed by atoms with E-state index in [2.05, 4.69) is 18.9 Å². The number of fused-ring (bicyclic) bond motifs is 5. The third-order valence-electron chi connectivity index (χ3n) is 10.5. The number of benzene rings is 1. The molecule has 1 aromatic carbocycles. The second-order valence-corrected chi connectivity index (χ2v) is 11.7. The molecule has 0 amide bonds. The molecule has 5 rings (SSSR count). The lowest BCUT2D eigenvalue weighted by Crippen LogP contribution is -2.62. The first-order valence-corrected chi connectivity index (χ1v) is 12.8. The van der Waals surface area contributed by atoms with E-state index in [1.54, 1.807) is 0 Å². The van der Waals surface area contributed by atoms with Crippen LogP contribution < -0.4 is 10.7 Å². The predicted molar refractivity (Wildman–Crippen MR) is 132 cm³/mol. The Bertz CT molecular complexity index is 922. The zero-order chi connectivity index (χ0) is 23.4. The van der Waals surface area contributed by atoms with Crippen molar-refractivity contribution in [3.63, 3.8) is 0 Å². The lowest BCUT2D eigenvalue weighted by molar-refractivity contribution is -0.206. The number of aliphatic hydroxyl groups is 2. The number of guanidine groups is 1. The number of anilines is 1. The Hall–Kier alpha value is -1.92. The number of nitrogens with one attached hydrogen (secondary N) is 1. The Balaban J connectivity index is 1.39. The van der Waals surface area contributed by atoms with Gasteiger partial charge in [-0.25, -0.2) is 5.01 Å². The van der Waals surface area contributed by atoms with Crippen molar-refractivity contribution in [2.45, 2.75) is 83.3 Å². The molecule has 4 fully saturated rings. The zero-order valence-corrected chi connectivity index (χ0v) is 20.1. The van der Waals surface area contributed by atoms with Crippen LogP contribution in [-0.4, -0.2) is 34.1 Å². The third kappa shape index (κ3) is 3.44. The van der Waals surface area contributed by atoms with Crippen LogP contribution in [-0.2, 0) is 0 Å². The van der Waals surface area contributed by atoms with Crippen LogP contribution in [0.1, 0.15) is 71.6 Å². The van der Waals surface area contributed by atoms with Gasteiger partial charge in [-0.15, -0.1) is 0 Å². The summed E-state index contributed by atoms with van der Waals surface area (Å²) in [5.74, 6) is 1.50. The number of nitrogens with two attached hydrogens (primary N) is 1. The lowest BCUT2D eigenvalue weighted by atomic mass is 9.43. The molecule has 4 aliphatic carbocycles. The van der Waals surface area contributed by atoms with Gasteiger partial charge in [0.25, 0.3) is 0 Å². The molecule has 4 saturated carbocycles. The highest BCUT2D eigenvalue weighted by atomic mass is 16.3. The van der Waals surface area contributed by atoms with Gasteiger partial charge in [-0.2, -0.15) is 5.10 Å². The number of para-hydroxylation sites is 1. The van der Waals surface area contributed by atoms with Crippen LogP contribution >= 0.6 is 0 Å². The Morgan fingerprint density at radius 1 is 1.06 bits per heavy atom. The van der Waals surface area contributed by atoms with Gasteiger partial charge in [0.1, 0.15) is 0 Å². The average Bonchev–Trinajstić information content (AvgIpc) is 3.06. The first-order chi connectivity index (χ1) is 15.7. The van der Waals surface area contributed by atoms with E-state index >= 15 is 0 Å². The van der Waals surface area contributed by atoms with E-state index in [-0.39, 0.29) is 28.8 Å². The fraction of sp³-hybridized carbons (Fsp3) is 0.704. The first kappa shape index (κ1) is 22.9. The standard InChI is InChI=1S/C27H40N4O2/c1-25-13-11-21(32)16-18(25)8-9-23-22(25)12-14-26(2)19(10-15-27(23,26)33)17-30-31(24(28)29)20-6-4-3-5-7-20/h3-7,17-19,21-23,32-33H,8-16H2,1-2H3,(H3,28,29)/t18?,19?,21?,22-,23-,25+,26-,27-/m1/s1. The van der Waals surface area contributed by atoms with Gasteiger partial charge in [0.05, 0.1) is 17.4 Å². The van der Waals surface area contributed by atoms with Gasteiger partial charge >= 0.3 is 0 Å². The van der Waals surface area contributed by atoms with Gasteiger partial charge in [0.2, 0.25) is 5.96 Å². The molecule has 6 heteroatoms. The molecule has 8 atom stereocenters. The maximum absolute atomic E-state index is 12.3. The average molecular weight is 453 g/mol. The van der Waals surface area contributed by atoms with E-state index in [0.29, 0.717) is 17.8 Å². The SMILES string of the molecule is C[C@]12CCC(O)CC1CC[C@@H]1[C@H]2CC[C@]2(C)C(C=NN(C(=N)N)c3ccccc3)CC[C@@]12O. The normalized spacial score (nSPS) is 44.7. The lowest BCUT2D eigenvalue weighted by Gasteiger charge is -2.63. The van der Waals surface area contributed by atoms with E-state index < -0.39 is 5.60 Å². The molecule has 0 aromatic heterocycles. The molecule has 0 heterocycles. The summed E-state index contributed by atoms with van der Waals surface area (Å²) >= 11 is 0. The summed E-state index contributed by atoms with van der Waals surface area (Å²) in [5, 5.41) is 36.7. The van der Waals surface area contributed by atoms with E-state index in [9.17, 15) is 10.2 Å². The molecule has 180 valence electrons. The van der Waals surface area contributed by atoms with E-state index in [0.717, 1.165) is 63.5 Å². The molecule has 6 nitrogen and oxygen atoms in total. The van der Waals surface area contributed by atoms with Gasteiger partial charge in [0, 0.05) is 17.5 Å². The number of hydrogen-bond donors (Lipinski definition) is 4. The molecule has 1 aromatic rings. The van der Waals surface area contributed by atoms with Crippen LogP contribution in [0.25, 0.3) is 0 Å². The van der Waals surface area contributed by atoms with Crippen LogP contribution in [0.2, 0.25) is 0 Å². The zero-order valence-electron chi connectivity index (χ0n) is 20.1. The van der Waals surface area contributed by atoms with Gasteiger partial charge in [-0.1, -0.05) is 32.0 Å².